The van der Waals surface area contributed by atoms with Crippen LogP contribution in [0.4, 0.5) is 42.5 Å². The second-order valence-corrected chi connectivity index (χ2v) is 4.58. The first kappa shape index (κ1) is 19.0. The van der Waals surface area contributed by atoms with Gasteiger partial charge in [-0.1, -0.05) is 0 Å². The van der Waals surface area contributed by atoms with E-state index in [1.165, 1.54) is 0 Å². The highest BCUT2D eigenvalue weighted by atomic mass is 19.4. The molecule has 0 saturated carbocycles. The van der Waals surface area contributed by atoms with Crippen molar-refractivity contribution in [2.45, 2.75) is 24.8 Å². The van der Waals surface area contributed by atoms with Crippen LogP contribution in [-0.4, -0.2) is 29.1 Å². The smallest absolute Gasteiger partial charge is 0.420 e. The minimum atomic E-state index is -5.77. The molecule has 1 atom stereocenters. The maximum Gasteiger partial charge on any atom is 0.420 e. The van der Waals surface area contributed by atoms with Crippen LogP contribution in [0.2, 0.25) is 0 Å². The van der Waals surface area contributed by atoms with Gasteiger partial charge in [0.05, 0.1) is 0 Å². The Labute approximate surface area is 125 Å². The summed E-state index contributed by atoms with van der Waals surface area (Å²) in [6, 6.07) is 2.32. The molecule has 0 spiro atoms. The van der Waals surface area contributed by atoms with E-state index >= 15 is 0 Å². The van der Waals surface area contributed by atoms with Crippen molar-refractivity contribution in [2.75, 3.05) is 5.32 Å². The predicted molar refractivity (Wildman–Crippen MR) is 64.9 cm³/mol. The van der Waals surface area contributed by atoms with Gasteiger partial charge in [0.15, 0.2) is 5.69 Å². The maximum atomic E-state index is 12.6. The van der Waals surface area contributed by atoms with Crippen LogP contribution in [0.15, 0.2) is 24.3 Å². The van der Waals surface area contributed by atoms with E-state index in [2.05, 4.69) is 0 Å². The first-order valence-corrected chi connectivity index (χ1v) is 5.84. The quantitative estimate of drug-likeness (QED) is 0.499. The van der Waals surface area contributed by atoms with E-state index in [1.54, 1.807) is 5.32 Å². The third-order valence-electron chi connectivity index (χ3n) is 2.89. The van der Waals surface area contributed by atoms with E-state index in [9.17, 15) is 36.3 Å². The third-order valence-corrected chi connectivity index (χ3v) is 2.89. The summed E-state index contributed by atoms with van der Waals surface area (Å²) in [5.41, 5.74) is -4.80. The molecule has 23 heavy (non-hydrogen) atoms. The lowest BCUT2D eigenvalue weighted by molar-refractivity contribution is -0.991. The van der Waals surface area contributed by atoms with Gasteiger partial charge < -0.3 is 15.8 Å². The van der Waals surface area contributed by atoms with Crippen molar-refractivity contribution in [2.24, 2.45) is 0 Å². The molecule has 0 fully saturated rings. The fraction of sp³-hybridized carbons (Fsp3) is 0.364. The van der Waals surface area contributed by atoms with Gasteiger partial charge in [-0.05, 0) is 19.1 Å². The number of alkyl halides is 6. The van der Waals surface area contributed by atoms with Gasteiger partial charge in [0, 0.05) is 17.8 Å². The number of carbonyl (C=O) groups is 1. The summed E-state index contributed by atoms with van der Waals surface area (Å²) in [5, 5.41) is 20.6. The molecule has 0 bridgehead atoms. The summed E-state index contributed by atoms with van der Waals surface area (Å²) in [6.45, 7) is -0.208. The fourth-order valence-corrected chi connectivity index (χ4v) is 1.39. The van der Waals surface area contributed by atoms with Crippen LogP contribution in [0.5, 0.6) is 0 Å². The molecule has 0 aromatic heterocycles. The van der Waals surface area contributed by atoms with Crippen molar-refractivity contribution in [3.8, 4) is 0 Å². The Morgan fingerprint density at radius 2 is 1.52 bits per heavy atom. The Morgan fingerprint density at radius 1 is 1.09 bits per heavy atom. The molecule has 4 N–H and O–H groups in total. The van der Waals surface area contributed by atoms with Crippen LogP contribution >= 0.6 is 0 Å². The number of urea groups is 1. The topological polar surface area (TPSA) is 88.9 Å². The van der Waals surface area contributed by atoms with E-state index in [-0.39, 0.29) is 18.3 Å². The van der Waals surface area contributed by atoms with Crippen LogP contribution in [0.1, 0.15) is 6.92 Å². The summed E-state index contributed by atoms with van der Waals surface area (Å²) in [4.78, 5) is 11.4. The normalized spacial score (nSPS) is 14.3. The molecule has 0 aliphatic carbocycles. The maximum absolute atomic E-state index is 12.6. The molecular weight excluding hydrogens is 336 g/mol. The van der Waals surface area contributed by atoms with E-state index in [0.29, 0.717) is 0 Å². The molecule has 130 valence electrons. The van der Waals surface area contributed by atoms with E-state index in [4.69, 9.17) is 5.21 Å². The molecule has 1 rings (SSSR count). The molecule has 0 heterocycles. The van der Waals surface area contributed by atoms with Crippen molar-refractivity contribution in [3.63, 3.8) is 0 Å². The second kappa shape index (κ2) is 6.22. The predicted octanol–water partition coefficient (Wildman–Crippen LogP) is 2.09. The number of nitrogens with one attached hydrogen (secondary N) is 3. The zero-order valence-electron chi connectivity index (χ0n) is 11.3. The summed E-state index contributed by atoms with van der Waals surface area (Å²) in [7, 11) is 0. The van der Waals surface area contributed by atoms with Crippen molar-refractivity contribution in [1.82, 2.24) is 5.32 Å². The number of benzene rings is 1. The summed E-state index contributed by atoms with van der Waals surface area (Å²) in [5.74, 6) is 0. The van der Waals surface area contributed by atoms with E-state index < -0.39 is 29.1 Å². The lowest BCUT2D eigenvalue weighted by atomic mass is 10.0. The average molecular weight is 347 g/mol. The summed E-state index contributed by atoms with van der Waals surface area (Å²) in [6.07, 6.45) is -11.5. The highest BCUT2D eigenvalue weighted by Gasteiger charge is 2.68. The van der Waals surface area contributed by atoms with Crippen molar-refractivity contribution >= 4 is 17.4 Å². The van der Waals surface area contributed by atoms with E-state index in [1.807, 2.05) is 0 Å². The monoisotopic (exact) mass is 347 g/mol. The van der Waals surface area contributed by atoms with Gasteiger partial charge >= 0.3 is 18.4 Å². The number of halogens is 6. The van der Waals surface area contributed by atoms with Gasteiger partial charge in [-0.25, -0.2) is 10.0 Å². The Kier molecular flexibility index (Phi) is 5.13. The van der Waals surface area contributed by atoms with Gasteiger partial charge in [-0.15, -0.1) is 0 Å². The Bertz CT molecular complexity index is 542. The van der Waals surface area contributed by atoms with Crippen LogP contribution in [0.25, 0.3) is 0 Å². The second-order valence-electron chi connectivity index (χ2n) is 4.58. The molecule has 1 aromatic carbocycles. The zero-order valence-corrected chi connectivity index (χ0v) is 11.3. The van der Waals surface area contributed by atoms with Gasteiger partial charge in [0.25, 0.3) is 0 Å². The average Bonchev–Trinajstić information content (AvgIpc) is 2.36. The number of hydrogen-bond acceptors (Lipinski definition) is 3. The van der Waals surface area contributed by atoms with Crippen LogP contribution in [-0.2, 0) is 0 Å². The Morgan fingerprint density at radius 3 is 1.87 bits per heavy atom. The van der Waals surface area contributed by atoms with Crippen LogP contribution in [0, 0.1) is 5.21 Å². The molecule has 1 aromatic rings. The number of rotatable bonds is 3. The molecule has 0 saturated heterocycles. The molecule has 12 heteroatoms. The zero-order chi connectivity index (χ0) is 18.1. The molecule has 0 aliphatic heterocycles. The van der Waals surface area contributed by atoms with Crippen LogP contribution < -0.4 is 15.9 Å². The van der Waals surface area contributed by atoms with Crippen molar-refractivity contribution in [1.29, 1.82) is 0 Å². The minimum Gasteiger partial charge on any atom is -0.595 e. The highest BCUT2D eigenvalue weighted by Crippen LogP contribution is 2.42. The molecular formula is C11H11F6N3O3. The molecule has 0 aliphatic rings. The molecule has 0 radical (unpaired) electrons. The number of hydrogen-bond donors (Lipinski definition) is 4. The summed E-state index contributed by atoms with van der Waals surface area (Å²) < 4.78 is 75.7. The van der Waals surface area contributed by atoms with E-state index in [0.717, 1.165) is 29.6 Å². The summed E-state index contributed by atoms with van der Waals surface area (Å²) >= 11 is 0. The first-order chi connectivity index (χ1) is 10.3. The fourth-order valence-electron chi connectivity index (χ4n) is 1.39. The van der Waals surface area contributed by atoms with Crippen LogP contribution in [0.3, 0.4) is 0 Å². The number of anilines is 1. The first-order valence-electron chi connectivity index (χ1n) is 5.84. The minimum absolute atomic E-state index is 0.175. The number of carbonyl (C=O) groups excluding carboxylic acids is 1. The standard InChI is InChI=1S/C11H11F6N3O3/c1-9(10(12,13)14,11(15,16)17)19-8(21)18-6-2-4-7(5-3-6)20(22)23/h2-5,20,22H,1H3,(H2,18,19,21). The highest BCUT2D eigenvalue weighted by molar-refractivity contribution is 5.90. The van der Waals surface area contributed by atoms with Gasteiger partial charge in [-0.2, -0.15) is 31.6 Å². The molecule has 2 amide bonds. The third kappa shape index (κ3) is 4.24. The van der Waals surface area contributed by atoms with Crippen molar-refractivity contribution < 1.29 is 41.6 Å². The Balaban J connectivity index is 2.89. The van der Waals surface area contributed by atoms with Crippen molar-refractivity contribution in [3.05, 3.63) is 29.5 Å². The van der Waals surface area contributed by atoms with Gasteiger partial charge in [-0.3, -0.25) is 0 Å². The lowest BCUT2D eigenvalue weighted by Gasteiger charge is -2.34. The van der Waals surface area contributed by atoms with Gasteiger partial charge in [0.1, 0.15) is 0 Å². The van der Waals surface area contributed by atoms with Gasteiger partial charge in [0.2, 0.25) is 5.54 Å². The SMILES string of the molecule is CC(NC(=O)Nc1ccc([NH+]([O-])O)cc1)(C(F)(F)F)C(F)(F)F. The largest absolute Gasteiger partial charge is 0.595 e. The lowest BCUT2D eigenvalue weighted by Crippen LogP contribution is -2.99. The molecule has 1 unspecified atom stereocenters. The Hall–Kier alpha value is -2.05. The number of quaternary nitrogens is 1. The number of amides is 2. The molecule has 6 nitrogen and oxygen atoms in total.